The second-order valence-electron chi connectivity index (χ2n) is 6.03. The Kier molecular flexibility index (Phi) is 4.78. The van der Waals surface area contributed by atoms with Crippen LogP contribution in [-0.2, 0) is 9.84 Å². The maximum absolute atomic E-state index is 11.7. The Hall–Kier alpha value is -1.58. The Labute approximate surface area is 132 Å². The molecule has 0 heterocycles. The lowest BCUT2D eigenvalue weighted by atomic mass is 9.70. The monoisotopic (exact) mass is 322 g/mol. The van der Waals surface area contributed by atoms with Crippen molar-refractivity contribution in [2.24, 2.45) is 5.41 Å². The molecule has 1 N–H and O–H groups in total. The number of hydrogen-bond acceptors (Lipinski definition) is 5. The van der Waals surface area contributed by atoms with Gasteiger partial charge in [-0.05, 0) is 37.5 Å². The average molecular weight is 322 g/mol. The molecule has 0 amide bonds. The van der Waals surface area contributed by atoms with Gasteiger partial charge in [0.1, 0.15) is 10.6 Å². The van der Waals surface area contributed by atoms with E-state index in [1.807, 2.05) is 6.92 Å². The van der Waals surface area contributed by atoms with Crippen molar-refractivity contribution in [2.75, 3.05) is 19.9 Å². The molecule has 0 bridgehead atoms. The van der Waals surface area contributed by atoms with Crippen molar-refractivity contribution in [3.05, 3.63) is 23.8 Å². The zero-order valence-corrected chi connectivity index (χ0v) is 14.0. The summed E-state index contributed by atoms with van der Waals surface area (Å²) < 4.78 is 28.6. The minimum atomic E-state index is -3.31. The minimum absolute atomic E-state index is 0.0216. The van der Waals surface area contributed by atoms with E-state index in [4.69, 9.17) is 4.74 Å². The van der Waals surface area contributed by atoms with E-state index in [0.717, 1.165) is 24.8 Å². The zero-order valence-electron chi connectivity index (χ0n) is 13.2. The fourth-order valence-corrected chi connectivity index (χ4v) is 3.48. The van der Waals surface area contributed by atoms with E-state index >= 15 is 0 Å². The topological polar surface area (TPSA) is 79.2 Å². The SMILES string of the molecule is COc1cc([C@H](C)NCC2(C#N)CCC2)ccc1S(C)(=O)=O. The van der Waals surface area contributed by atoms with Crippen LogP contribution >= 0.6 is 0 Å². The predicted molar refractivity (Wildman–Crippen MR) is 84.4 cm³/mol. The van der Waals surface area contributed by atoms with Gasteiger partial charge in [-0.15, -0.1) is 0 Å². The zero-order chi connectivity index (χ0) is 16.4. The molecule has 2 rings (SSSR count). The second kappa shape index (κ2) is 6.27. The molecule has 0 radical (unpaired) electrons. The summed E-state index contributed by atoms with van der Waals surface area (Å²) in [5, 5.41) is 12.6. The van der Waals surface area contributed by atoms with E-state index in [-0.39, 0.29) is 16.4 Å². The van der Waals surface area contributed by atoms with E-state index in [2.05, 4.69) is 11.4 Å². The van der Waals surface area contributed by atoms with Crippen molar-refractivity contribution < 1.29 is 13.2 Å². The van der Waals surface area contributed by atoms with E-state index in [0.29, 0.717) is 12.3 Å². The number of nitrogens with zero attached hydrogens (tertiary/aromatic N) is 1. The molecule has 0 aliphatic heterocycles. The van der Waals surface area contributed by atoms with E-state index in [9.17, 15) is 13.7 Å². The lowest BCUT2D eigenvalue weighted by molar-refractivity contribution is 0.201. The average Bonchev–Trinajstić information content (AvgIpc) is 2.44. The predicted octanol–water partition coefficient (Wildman–Crippen LogP) is 2.44. The fourth-order valence-electron chi connectivity index (χ4n) is 2.66. The maximum Gasteiger partial charge on any atom is 0.179 e. The number of hydrogen-bond donors (Lipinski definition) is 1. The summed E-state index contributed by atoms with van der Waals surface area (Å²) in [5.41, 5.74) is 0.710. The quantitative estimate of drug-likeness (QED) is 0.870. The van der Waals surface area contributed by atoms with Gasteiger partial charge in [0, 0.05) is 18.8 Å². The molecule has 1 aliphatic rings. The van der Waals surface area contributed by atoms with Crippen LogP contribution in [0.5, 0.6) is 5.75 Å². The van der Waals surface area contributed by atoms with Crippen LogP contribution in [0.4, 0.5) is 0 Å². The van der Waals surface area contributed by atoms with Crippen LogP contribution in [0.25, 0.3) is 0 Å². The van der Waals surface area contributed by atoms with Gasteiger partial charge in [0.05, 0.1) is 18.6 Å². The Morgan fingerprint density at radius 2 is 2.14 bits per heavy atom. The van der Waals surface area contributed by atoms with Crippen LogP contribution in [0.2, 0.25) is 0 Å². The summed E-state index contributed by atoms with van der Waals surface area (Å²) in [6.45, 7) is 2.65. The summed E-state index contributed by atoms with van der Waals surface area (Å²) >= 11 is 0. The van der Waals surface area contributed by atoms with Crippen LogP contribution < -0.4 is 10.1 Å². The van der Waals surface area contributed by atoms with Crippen molar-refractivity contribution in [1.29, 1.82) is 5.26 Å². The maximum atomic E-state index is 11.7. The molecule has 1 aliphatic carbocycles. The molecule has 1 aromatic carbocycles. The number of rotatable bonds is 6. The molecular formula is C16H22N2O3S. The highest BCUT2D eigenvalue weighted by Gasteiger charge is 2.37. The molecule has 6 heteroatoms. The molecule has 22 heavy (non-hydrogen) atoms. The number of nitrogens with one attached hydrogen (secondary N) is 1. The molecule has 5 nitrogen and oxygen atoms in total. The summed E-state index contributed by atoms with van der Waals surface area (Å²) in [6, 6.07) is 7.53. The van der Waals surface area contributed by atoms with Gasteiger partial charge in [0.2, 0.25) is 0 Å². The molecule has 0 unspecified atom stereocenters. The first-order chi connectivity index (χ1) is 10.3. The Balaban J connectivity index is 2.13. The lowest BCUT2D eigenvalue weighted by Crippen LogP contribution is -2.39. The Morgan fingerprint density at radius 3 is 2.59 bits per heavy atom. The van der Waals surface area contributed by atoms with Crippen molar-refractivity contribution in [3.8, 4) is 11.8 Å². The fraction of sp³-hybridized carbons (Fsp3) is 0.562. The van der Waals surface area contributed by atoms with Gasteiger partial charge in [-0.2, -0.15) is 5.26 Å². The van der Waals surface area contributed by atoms with Gasteiger partial charge in [-0.25, -0.2) is 8.42 Å². The van der Waals surface area contributed by atoms with Gasteiger partial charge in [-0.3, -0.25) is 0 Å². The third-order valence-corrected chi connectivity index (χ3v) is 5.52. The first kappa shape index (κ1) is 16.8. The number of ether oxygens (including phenoxy) is 1. The van der Waals surface area contributed by atoms with E-state index in [1.165, 1.54) is 13.4 Å². The molecular weight excluding hydrogens is 300 g/mol. The Morgan fingerprint density at radius 1 is 1.45 bits per heavy atom. The number of nitriles is 1. The first-order valence-corrected chi connectivity index (χ1v) is 9.23. The number of benzene rings is 1. The van der Waals surface area contributed by atoms with Gasteiger partial charge < -0.3 is 10.1 Å². The van der Waals surface area contributed by atoms with E-state index in [1.54, 1.807) is 18.2 Å². The molecule has 1 saturated carbocycles. The molecule has 120 valence electrons. The van der Waals surface area contributed by atoms with Crippen LogP contribution in [0, 0.1) is 16.7 Å². The normalized spacial score (nSPS) is 18.1. The molecule has 0 saturated heterocycles. The highest BCUT2D eigenvalue weighted by Crippen LogP contribution is 2.40. The van der Waals surface area contributed by atoms with Gasteiger partial charge >= 0.3 is 0 Å². The molecule has 1 atom stereocenters. The summed E-state index contributed by atoms with van der Waals surface area (Å²) in [4.78, 5) is 0.193. The molecule has 0 spiro atoms. The summed E-state index contributed by atoms with van der Waals surface area (Å²) in [7, 11) is -1.85. The highest BCUT2D eigenvalue weighted by atomic mass is 32.2. The van der Waals surface area contributed by atoms with Gasteiger partial charge in [-0.1, -0.05) is 12.5 Å². The van der Waals surface area contributed by atoms with Crippen molar-refractivity contribution in [2.45, 2.75) is 37.1 Å². The third kappa shape index (κ3) is 3.42. The Bertz CT molecular complexity index is 688. The van der Waals surface area contributed by atoms with Crippen LogP contribution in [0.15, 0.2) is 23.1 Å². The van der Waals surface area contributed by atoms with Crippen LogP contribution in [-0.4, -0.2) is 28.3 Å². The standard InChI is InChI=1S/C16H22N2O3S/c1-12(18-11-16(10-17)7-4-8-16)13-5-6-15(22(3,19)20)14(9-13)21-2/h5-6,9,12,18H,4,7-8,11H2,1-3H3/t12-/m0/s1. The summed E-state index contributed by atoms with van der Waals surface area (Å²) in [6.07, 6.45) is 4.17. The molecule has 1 fully saturated rings. The van der Waals surface area contributed by atoms with Crippen molar-refractivity contribution >= 4 is 9.84 Å². The van der Waals surface area contributed by atoms with Crippen LogP contribution in [0.3, 0.4) is 0 Å². The van der Waals surface area contributed by atoms with E-state index < -0.39 is 9.84 Å². The van der Waals surface area contributed by atoms with Crippen LogP contribution in [0.1, 0.15) is 37.8 Å². The smallest absolute Gasteiger partial charge is 0.179 e. The van der Waals surface area contributed by atoms with Gasteiger partial charge in [0.25, 0.3) is 0 Å². The first-order valence-electron chi connectivity index (χ1n) is 7.34. The van der Waals surface area contributed by atoms with Crippen molar-refractivity contribution in [3.63, 3.8) is 0 Å². The van der Waals surface area contributed by atoms with Gasteiger partial charge in [0.15, 0.2) is 9.84 Å². The number of methoxy groups -OCH3 is 1. The minimum Gasteiger partial charge on any atom is -0.495 e. The lowest BCUT2D eigenvalue weighted by Gasteiger charge is -2.36. The van der Waals surface area contributed by atoms with Crippen molar-refractivity contribution in [1.82, 2.24) is 5.32 Å². The molecule has 1 aromatic rings. The third-order valence-electron chi connectivity index (χ3n) is 4.38. The molecule has 0 aromatic heterocycles. The summed E-state index contributed by atoms with van der Waals surface area (Å²) in [5.74, 6) is 0.354. The number of sulfone groups is 1. The highest BCUT2D eigenvalue weighted by molar-refractivity contribution is 7.90. The largest absolute Gasteiger partial charge is 0.495 e. The second-order valence-corrected chi connectivity index (χ2v) is 8.01.